The van der Waals surface area contributed by atoms with Crippen molar-refractivity contribution in [2.75, 3.05) is 13.7 Å². The molecule has 7 nitrogen and oxygen atoms in total. The zero-order chi connectivity index (χ0) is 30.5. The van der Waals surface area contributed by atoms with Crippen molar-refractivity contribution in [3.63, 3.8) is 0 Å². The van der Waals surface area contributed by atoms with Crippen LogP contribution in [0.1, 0.15) is 48.9 Å². The Labute approximate surface area is 250 Å². The maximum atomic E-state index is 14.3. The van der Waals surface area contributed by atoms with E-state index in [0.717, 1.165) is 22.4 Å². The molecule has 0 spiro atoms. The summed E-state index contributed by atoms with van der Waals surface area (Å²) in [7, 11) is 1.53. The van der Waals surface area contributed by atoms with E-state index in [4.69, 9.17) is 19.2 Å². The van der Waals surface area contributed by atoms with Gasteiger partial charge in [0.1, 0.15) is 18.2 Å². The molecule has 0 saturated carbocycles. The number of hydrogen-bond donors (Lipinski definition) is 0. The van der Waals surface area contributed by atoms with Crippen molar-refractivity contribution in [1.82, 2.24) is 9.66 Å². The second-order valence-electron chi connectivity index (χ2n) is 10.4. The van der Waals surface area contributed by atoms with Gasteiger partial charge in [-0.2, -0.15) is 9.78 Å². The number of nitrogens with zero attached hydrogens (tertiary/aromatic N) is 3. The minimum atomic E-state index is -0.363. The average molecular weight is 580 g/mol. The van der Waals surface area contributed by atoms with Gasteiger partial charge in [-0.3, -0.25) is 4.79 Å². The van der Waals surface area contributed by atoms with Gasteiger partial charge < -0.3 is 14.2 Å². The van der Waals surface area contributed by atoms with Crippen LogP contribution in [0, 0.1) is 12.7 Å². The topological polar surface area (TPSA) is 74.9 Å². The van der Waals surface area contributed by atoms with E-state index < -0.39 is 0 Å². The van der Waals surface area contributed by atoms with Gasteiger partial charge in [-0.05, 0) is 73.4 Å². The number of fused-ring (bicyclic) bond motifs is 1. The van der Waals surface area contributed by atoms with E-state index in [1.165, 1.54) is 24.1 Å². The summed E-state index contributed by atoms with van der Waals surface area (Å²) in [6.45, 7) is 8.65. The first-order valence-electron chi connectivity index (χ1n) is 14.2. The highest BCUT2D eigenvalue weighted by Crippen LogP contribution is 2.35. The van der Waals surface area contributed by atoms with Crippen molar-refractivity contribution in [2.24, 2.45) is 5.10 Å². The third kappa shape index (κ3) is 6.14. The lowest BCUT2D eigenvalue weighted by molar-refractivity contribution is 0.279. The van der Waals surface area contributed by atoms with Crippen molar-refractivity contribution >= 4 is 17.1 Å². The summed E-state index contributed by atoms with van der Waals surface area (Å²) in [6, 6.07) is 23.0. The zero-order valence-electron chi connectivity index (χ0n) is 24.9. The lowest BCUT2D eigenvalue weighted by Crippen LogP contribution is -2.21. The van der Waals surface area contributed by atoms with Crippen LogP contribution in [0.2, 0.25) is 0 Å². The smallest absolute Gasteiger partial charge is 0.282 e. The molecule has 1 aromatic heterocycles. The largest absolute Gasteiger partial charge is 0.494 e. The first-order valence-corrected chi connectivity index (χ1v) is 14.2. The predicted molar refractivity (Wildman–Crippen MR) is 168 cm³/mol. The van der Waals surface area contributed by atoms with Crippen LogP contribution in [0.25, 0.3) is 22.3 Å². The van der Waals surface area contributed by atoms with Gasteiger partial charge in [-0.15, -0.1) is 0 Å². The SMILES string of the molecule is CCOc1cc(C)c(-c2nc3ccccc3c(=O)n2N=Cc2cccc(OC)c2OCc2ccccc2F)cc1C(C)C. The lowest BCUT2D eigenvalue weighted by atomic mass is 9.96. The molecule has 0 N–H and O–H groups in total. The molecular weight excluding hydrogens is 545 g/mol. The molecule has 0 aliphatic carbocycles. The Morgan fingerprint density at radius 2 is 1.74 bits per heavy atom. The highest BCUT2D eigenvalue weighted by Gasteiger charge is 2.19. The van der Waals surface area contributed by atoms with E-state index in [1.54, 1.807) is 48.5 Å². The van der Waals surface area contributed by atoms with Crippen molar-refractivity contribution in [1.29, 1.82) is 0 Å². The number of aryl methyl sites for hydroxylation is 1. The van der Waals surface area contributed by atoms with Crippen molar-refractivity contribution in [3.05, 3.63) is 117 Å². The van der Waals surface area contributed by atoms with Crippen LogP contribution in [0.5, 0.6) is 17.2 Å². The van der Waals surface area contributed by atoms with E-state index in [2.05, 4.69) is 18.9 Å². The van der Waals surface area contributed by atoms with Gasteiger partial charge in [0.2, 0.25) is 0 Å². The maximum Gasteiger partial charge on any atom is 0.282 e. The molecule has 0 aliphatic heterocycles. The Kier molecular flexibility index (Phi) is 8.85. The highest BCUT2D eigenvalue weighted by molar-refractivity contribution is 5.86. The van der Waals surface area contributed by atoms with Crippen molar-refractivity contribution < 1.29 is 18.6 Å². The van der Waals surface area contributed by atoms with Crippen LogP contribution in [-0.2, 0) is 6.61 Å². The van der Waals surface area contributed by atoms with Crippen LogP contribution in [-0.4, -0.2) is 29.6 Å². The van der Waals surface area contributed by atoms with Crippen molar-refractivity contribution in [2.45, 2.75) is 40.2 Å². The Morgan fingerprint density at radius 1 is 0.977 bits per heavy atom. The molecule has 0 saturated heterocycles. The fourth-order valence-corrected chi connectivity index (χ4v) is 4.91. The fourth-order valence-electron chi connectivity index (χ4n) is 4.91. The number of aromatic nitrogens is 2. The molecule has 0 atom stereocenters. The van der Waals surface area contributed by atoms with Crippen LogP contribution in [0.3, 0.4) is 0 Å². The zero-order valence-corrected chi connectivity index (χ0v) is 24.9. The molecule has 0 radical (unpaired) electrons. The summed E-state index contributed by atoms with van der Waals surface area (Å²) in [6.07, 6.45) is 1.54. The molecule has 0 fully saturated rings. The molecule has 5 rings (SSSR count). The Hall–Kier alpha value is -4.98. The lowest BCUT2D eigenvalue weighted by Gasteiger charge is -2.18. The predicted octanol–water partition coefficient (Wildman–Crippen LogP) is 7.50. The number of ether oxygens (including phenoxy) is 3. The van der Waals surface area contributed by atoms with E-state index in [0.29, 0.717) is 46.0 Å². The second-order valence-corrected chi connectivity index (χ2v) is 10.4. The van der Waals surface area contributed by atoms with Gasteiger partial charge in [0.05, 0.1) is 30.8 Å². The first-order chi connectivity index (χ1) is 20.8. The number of halogens is 1. The minimum Gasteiger partial charge on any atom is -0.494 e. The van der Waals surface area contributed by atoms with E-state index in [1.807, 2.05) is 38.1 Å². The number of rotatable bonds is 10. The second kappa shape index (κ2) is 12.9. The maximum absolute atomic E-state index is 14.3. The Morgan fingerprint density at radius 3 is 2.49 bits per heavy atom. The van der Waals surface area contributed by atoms with Gasteiger partial charge >= 0.3 is 0 Å². The molecule has 0 unspecified atom stereocenters. The molecule has 0 amide bonds. The molecule has 8 heteroatoms. The van der Waals surface area contributed by atoms with Gasteiger partial charge in [-0.25, -0.2) is 9.37 Å². The quantitative estimate of drug-likeness (QED) is 0.160. The van der Waals surface area contributed by atoms with Crippen LogP contribution < -0.4 is 19.8 Å². The van der Waals surface area contributed by atoms with E-state index in [9.17, 15) is 9.18 Å². The fraction of sp³-hybridized carbons (Fsp3) is 0.229. The van der Waals surface area contributed by atoms with Crippen LogP contribution >= 0.6 is 0 Å². The van der Waals surface area contributed by atoms with Gasteiger partial charge in [-0.1, -0.05) is 50.2 Å². The molecule has 220 valence electrons. The van der Waals surface area contributed by atoms with Gasteiger partial charge in [0.25, 0.3) is 5.56 Å². The summed E-state index contributed by atoms with van der Waals surface area (Å²) in [5, 5.41) is 5.10. The average Bonchev–Trinajstić information content (AvgIpc) is 3.00. The third-order valence-electron chi connectivity index (χ3n) is 7.14. The molecule has 5 aromatic rings. The Balaban J connectivity index is 1.66. The number of benzene rings is 4. The van der Waals surface area contributed by atoms with Gasteiger partial charge in [0, 0.05) is 16.7 Å². The molecular formula is C35H34FN3O4. The monoisotopic (exact) mass is 579 g/mol. The summed E-state index contributed by atoms with van der Waals surface area (Å²) < 4.78 is 33.1. The Bertz CT molecular complexity index is 1860. The molecule has 43 heavy (non-hydrogen) atoms. The minimum absolute atomic E-state index is 0.0139. The number of para-hydroxylation sites is 2. The number of hydrogen-bond acceptors (Lipinski definition) is 6. The van der Waals surface area contributed by atoms with Crippen LogP contribution in [0.15, 0.2) is 88.8 Å². The molecule has 0 bridgehead atoms. The summed E-state index contributed by atoms with van der Waals surface area (Å²) in [5.41, 5.74) is 3.89. The standard InChI is InChI=1S/C35H34FN3O4/c1-6-42-32-18-23(4)28(19-27(32)22(2)3)34-38-30-16-10-8-14-26(30)35(40)39(34)37-20-24-13-11-17-31(41-5)33(24)43-21-25-12-7-9-15-29(25)36/h7-20,22H,6,21H2,1-5H3. The molecule has 4 aromatic carbocycles. The first kappa shape index (κ1) is 29.5. The third-order valence-corrected chi connectivity index (χ3v) is 7.14. The summed E-state index contributed by atoms with van der Waals surface area (Å²) in [4.78, 5) is 18.8. The highest BCUT2D eigenvalue weighted by atomic mass is 19.1. The normalized spacial score (nSPS) is 11.4. The number of methoxy groups -OCH3 is 1. The van der Waals surface area contributed by atoms with Crippen LogP contribution in [0.4, 0.5) is 4.39 Å². The van der Waals surface area contributed by atoms with Gasteiger partial charge in [0.15, 0.2) is 17.3 Å². The summed E-state index contributed by atoms with van der Waals surface area (Å²) >= 11 is 0. The van der Waals surface area contributed by atoms with Crippen molar-refractivity contribution in [3.8, 4) is 28.6 Å². The molecule has 1 heterocycles. The van der Waals surface area contributed by atoms with E-state index >= 15 is 0 Å². The summed E-state index contributed by atoms with van der Waals surface area (Å²) in [5.74, 6) is 1.85. The molecule has 0 aliphatic rings. The van der Waals surface area contributed by atoms with E-state index in [-0.39, 0.29) is 23.9 Å².